The number of carbonyl (C=O) groups excluding carboxylic acids is 2. The smallest absolute Gasteiger partial charge is 0.462 e. The number of rotatable bonds is 40. The first-order chi connectivity index (χ1) is 28.8. The number of carbonyl (C=O) groups is 2. The summed E-state index contributed by atoms with van der Waals surface area (Å²) in [5, 5.41) is 0. The Balaban J connectivity index is 4.35. The molecule has 0 rings (SSSR count). The predicted molar refractivity (Wildman–Crippen MR) is 247 cm³/mol. The summed E-state index contributed by atoms with van der Waals surface area (Å²) in [6, 6.07) is 0. The Kier molecular flexibility index (Phi) is 41.7. The van der Waals surface area contributed by atoms with E-state index in [1.165, 1.54) is 51.4 Å². The number of ether oxygens (including phenoxy) is 2. The quantitative estimate of drug-likeness (QED) is 0.0267. The van der Waals surface area contributed by atoms with Gasteiger partial charge in [0.05, 0.1) is 13.2 Å². The van der Waals surface area contributed by atoms with E-state index in [1.807, 2.05) is 12.2 Å². The van der Waals surface area contributed by atoms with Crippen LogP contribution >= 0.6 is 7.82 Å². The van der Waals surface area contributed by atoms with Crippen molar-refractivity contribution in [3.8, 4) is 0 Å². The summed E-state index contributed by atoms with van der Waals surface area (Å²) < 4.78 is 32.7. The van der Waals surface area contributed by atoms with Gasteiger partial charge in [-0.25, -0.2) is 4.57 Å². The molecule has 0 fully saturated rings. The van der Waals surface area contributed by atoms with Crippen molar-refractivity contribution in [3.05, 3.63) is 109 Å². The van der Waals surface area contributed by atoms with Gasteiger partial charge in [0.15, 0.2) is 6.10 Å². The fraction of sp³-hybridized carbons (Fsp3) is 0.592. The minimum atomic E-state index is -4.41. The topological polar surface area (TPSA) is 134 Å². The van der Waals surface area contributed by atoms with Gasteiger partial charge in [0.2, 0.25) is 0 Å². The van der Waals surface area contributed by atoms with Gasteiger partial charge in [-0.3, -0.25) is 18.6 Å². The Morgan fingerprint density at radius 2 is 0.932 bits per heavy atom. The molecule has 0 aromatic heterocycles. The third kappa shape index (κ3) is 44.1. The lowest BCUT2D eigenvalue weighted by Gasteiger charge is -2.19. The Morgan fingerprint density at radius 3 is 1.39 bits per heavy atom. The number of unbranched alkanes of at least 4 members (excludes halogenated alkanes) is 9. The lowest BCUT2D eigenvalue weighted by atomic mass is 10.1. The van der Waals surface area contributed by atoms with Crippen LogP contribution in [0, 0.1) is 0 Å². The van der Waals surface area contributed by atoms with Gasteiger partial charge in [-0.05, 0) is 89.9 Å². The van der Waals surface area contributed by atoms with Gasteiger partial charge in [-0.2, -0.15) is 0 Å². The summed E-state index contributed by atoms with van der Waals surface area (Å²) in [5.74, 6) is -0.974. The van der Waals surface area contributed by atoms with Crippen LogP contribution in [0.3, 0.4) is 0 Å². The van der Waals surface area contributed by atoms with Gasteiger partial charge >= 0.3 is 19.8 Å². The van der Waals surface area contributed by atoms with Crippen molar-refractivity contribution in [2.75, 3.05) is 26.4 Å². The molecule has 10 heteroatoms. The molecule has 9 nitrogen and oxygen atoms in total. The first kappa shape index (κ1) is 55.7. The number of allylic oxidation sites excluding steroid dienone is 18. The summed E-state index contributed by atoms with van der Waals surface area (Å²) in [7, 11) is -4.41. The second-order valence-corrected chi connectivity index (χ2v) is 15.6. The highest BCUT2D eigenvalue weighted by molar-refractivity contribution is 7.47. The summed E-state index contributed by atoms with van der Waals surface area (Å²) in [4.78, 5) is 34.9. The van der Waals surface area contributed by atoms with Crippen LogP contribution in [-0.2, 0) is 32.7 Å². The van der Waals surface area contributed by atoms with Crippen LogP contribution in [0.5, 0.6) is 0 Å². The number of esters is 2. The molecule has 0 saturated heterocycles. The summed E-state index contributed by atoms with van der Waals surface area (Å²) >= 11 is 0. The summed E-state index contributed by atoms with van der Waals surface area (Å²) in [6.45, 7) is 3.46. The number of nitrogens with two attached hydrogens (primary N) is 1. The summed E-state index contributed by atoms with van der Waals surface area (Å²) in [5.41, 5.74) is 5.34. The van der Waals surface area contributed by atoms with E-state index in [1.54, 1.807) is 0 Å². The van der Waals surface area contributed by atoms with Gasteiger partial charge in [-0.15, -0.1) is 0 Å². The molecule has 0 heterocycles. The lowest BCUT2D eigenvalue weighted by molar-refractivity contribution is -0.161. The molecular formula is C49H80NO8P. The van der Waals surface area contributed by atoms with Crippen molar-refractivity contribution < 1.29 is 37.6 Å². The van der Waals surface area contributed by atoms with Gasteiger partial charge < -0.3 is 20.1 Å². The maximum atomic E-state index is 12.6. The molecular weight excluding hydrogens is 762 g/mol. The minimum absolute atomic E-state index is 0.0308. The van der Waals surface area contributed by atoms with Crippen LogP contribution in [-0.4, -0.2) is 49.3 Å². The van der Waals surface area contributed by atoms with Crippen LogP contribution in [0.25, 0.3) is 0 Å². The number of hydrogen-bond acceptors (Lipinski definition) is 8. The Bertz CT molecular complexity index is 1330. The fourth-order valence-corrected chi connectivity index (χ4v) is 6.13. The highest BCUT2D eigenvalue weighted by atomic mass is 31.2. The second-order valence-electron chi connectivity index (χ2n) is 14.2. The zero-order valence-corrected chi connectivity index (χ0v) is 37.6. The molecule has 0 aromatic carbocycles. The van der Waals surface area contributed by atoms with Crippen molar-refractivity contribution in [1.29, 1.82) is 0 Å². The van der Waals surface area contributed by atoms with Gasteiger partial charge in [-0.1, -0.05) is 162 Å². The molecule has 1 unspecified atom stereocenters. The molecule has 0 radical (unpaired) electrons. The van der Waals surface area contributed by atoms with E-state index < -0.39 is 32.5 Å². The Hall–Kier alpha value is -3.33. The maximum Gasteiger partial charge on any atom is 0.472 e. The fourth-order valence-electron chi connectivity index (χ4n) is 5.37. The van der Waals surface area contributed by atoms with Crippen molar-refractivity contribution in [3.63, 3.8) is 0 Å². The van der Waals surface area contributed by atoms with Crippen LogP contribution in [0.15, 0.2) is 109 Å². The van der Waals surface area contributed by atoms with Gasteiger partial charge in [0.25, 0.3) is 0 Å². The number of phosphoric ester groups is 1. The third-order valence-electron chi connectivity index (χ3n) is 8.64. The average Bonchev–Trinajstić information content (AvgIpc) is 3.22. The normalized spacial score (nSPS) is 14.3. The highest BCUT2D eigenvalue weighted by Crippen LogP contribution is 2.43. The van der Waals surface area contributed by atoms with E-state index in [0.29, 0.717) is 19.3 Å². The zero-order chi connectivity index (χ0) is 43.2. The van der Waals surface area contributed by atoms with E-state index >= 15 is 0 Å². The molecule has 0 saturated carbocycles. The molecule has 0 aliphatic carbocycles. The standard InChI is InChI=1S/C49H80NO8P/c1-3-5-7-9-11-13-15-17-19-21-22-23-24-26-27-29-31-33-35-37-39-41-48(51)55-45-47(46-57-59(53,54)56-44-43-50)58-49(52)42-40-38-36-34-32-30-28-25-20-18-16-14-12-10-8-6-4-2/h6,8,12,14,18-21,23-24,27-30,33-36,47H,3-5,7,9-11,13,15-17,22,25-26,31-32,37-46,50H2,1-2H3,(H,53,54)/b8-6+,14-12+,20-18+,21-19+,24-23+,29-27+,30-28+,35-33+,36-34+/t47-/m1/s1. The highest BCUT2D eigenvalue weighted by Gasteiger charge is 2.25. The van der Waals surface area contributed by atoms with Crippen molar-refractivity contribution >= 4 is 19.8 Å². The number of phosphoric acid groups is 1. The molecule has 59 heavy (non-hydrogen) atoms. The minimum Gasteiger partial charge on any atom is -0.462 e. The van der Waals surface area contributed by atoms with E-state index in [-0.39, 0.29) is 32.6 Å². The van der Waals surface area contributed by atoms with Crippen molar-refractivity contribution in [2.45, 2.75) is 161 Å². The van der Waals surface area contributed by atoms with Crippen LogP contribution in [0.2, 0.25) is 0 Å². The van der Waals surface area contributed by atoms with Crippen LogP contribution in [0.1, 0.15) is 155 Å². The van der Waals surface area contributed by atoms with Crippen molar-refractivity contribution in [2.24, 2.45) is 5.73 Å². The predicted octanol–water partition coefficient (Wildman–Crippen LogP) is 13.2. The van der Waals surface area contributed by atoms with Crippen LogP contribution in [0.4, 0.5) is 0 Å². The van der Waals surface area contributed by atoms with E-state index in [2.05, 4.69) is 111 Å². The van der Waals surface area contributed by atoms with Crippen molar-refractivity contribution in [1.82, 2.24) is 0 Å². The van der Waals surface area contributed by atoms with E-state index in [4.69, 9.17) is 24.3 Å². The first-order valence-corrected chi connectivity index (χ1v) is 23.9. The largest absolute Gasteiger partial charge is 0.472 e. The monoisotopic (exact) mass is 842 g/mol. The molecule has 3 N–H and O–H groups in total. The van der Waals surface area contributed by atoms with Crippen LogP contribution < -0.4 is 5.73 Å². The summed E-state index contributed by atoms with van der Waals surface area (Å²) in [6.07, 6.45) is 58.5. The third-order valence-corrected chi connectivity index (χ3v) is 9.63. The average molecular weight is 842 g/mol. The molecule has 0 amide bonds. The number of hydrogen-bond donors (Lipinski definition) is 2. The van der Waals surface area contributed by atoms with E-state index in [9.17, 15) is 19.0 Å². The molecule has 2 atom stereocenters. The molecule has 0 spiro atoms. The Morgan fingerprint density at radius 1 is 0.525 bits per heavy atom. The maximum absolute atomic E-state index is 12.6. The van der Waals surface area contributed by atoms with Gasteiger partial charge in [0.1, 0.15) is 6.61 Å². The van der Waals surface area contributed by atoms with Gasteiger partial charge in [0, 0.05) is 19.4 Å². The van der Waals surface area contributed by atoms with E-state index in [0.717, 1.165) is 57.8 Å². The lowest BCUT2D eigenvalue weighted by Crippen LogP contribution is -2.29. The zero-order valence-electron chi connectivity index (χ0n) is 36.7. The first-order valence-electron chi connectivity index (χ1n) is 22.4. The molecule has 0 bridgehead atoms. The Labute approximate surface area is 359 Å². The second kappa shape index (κ2) is 44.2. The molecule has 334 valence electrons. The molecule has 0 aliphatic rings. The molecule has 0 aromatic rings. The SMILES string of the molecule is CC/C=C/C/C=C/C/C=C/C/C=C/C/C=C/CCCC(=O)O[C@H](COC(=O)CCC/C=C/C/C=C/C/C=C/C/C=C/CCCCCCCCC)COP(=O)(O)OCCN. The molecule has 0 aliphatic heterocycles.